The standard InChI is InChI=1S/C29H54O5/c1-5-9-12-15-18-21-24-29(28(33)34-27(32)8-4,25(30)22-19-16-13-10-6-2)26(31)23-20-17-14-11-7-3/h27,32H,5-24H2,1-4H3. The van der Waals surface area contributed by atoms with Gasteiger partial charge in [0, 0.05) is 19.3 Å². The molecule has 0 fully saturated rings. The number of Topliss-reactive ketones (excluding diaryl/α,β-unsaturated/α-hetero) is 2. The van der Waals surface area contributed by atoms with Crippen LogP contribution in [0.5, 0.6) is 0 Å². The summed E-state index contributed by atoms with van der Waals surface area (Å²) < 4.78 is 5.27. The van der Waals surface area contributed by atoms with Crippen molar-refractivity contribution in [2.45, 2.75) is 162 Å². The molecular weight excluding hydrogens is 428 g/mol. The zero-order valence-electron chi connectivity index (χ0n) is 22.8. The van der Waals surface area contributed by atoms with E-state index in [0.29, 0.717) is 19.3 Å². The van der Waals surface area contributed by atoms with Gasteiger partial charge in [-0.05, 0) is 19.3 Å². The highest BCUT2D eigenvalue weighted by atomic mass is 16.6. The molecule has 0 spiro atoms. The number of ketones is 2. The molecular formula is C29H54O5. The van der Waals surface area contributed by atoms with Gasteiger partial charge in [0.25, 0.3) is 0 Å². The van der Waals surface area contributed by atoms with Gasteiger partial charge in [0.15, 0.2) is 23.3 Å². The predicted octanol–water partition coefficient (Wildman–Crippen LogP) is 7.85. The van der Waals surface area contributed by atoms with Gasteiger partial charge in [0.2, 0.25) is 0 Å². The fourth-order valence-electron chi connectivity index (χ4n) is 4.45. The molecule has 0 aromatic carbocycles. The van der Waals surface area contributed by atoms with Crippen LogP contribution in [0, 0.1) is 5.41 Å². The summed E-state index contributed by atoms with van der Waals surface area (Å²) in [7, 11) is 0. The van der Waals surface area contributed by atoms with Crippen LogP contribution < -0.4 is 0 Å². The van der Waals surface area contributed by atoms with Gasteiger partial charge >= 0.3 is 5.97 Å². The summed E-state index contributed by atoms with van der Waals surface area (Å²) in [5.74, 6) is -1.43. The molecule has 0 saturated heterocycles. The normalized spacial score (nSPS) is 12.5. The topological polar surface area (TPSA) is 80.7 Å². The molecule has 0 aliphatic rings. The molecule has 0 bridgehead atoms. The van der Waals surface area contributed by atoms with Crippen molar-refractivity contribution in [3.63, 3.8) is 0 Å². The van der Waals surface area contributed by atoms with Gasteiger partial charge < -0.3 is 9.84 Å². The molecule has 200 valence electrons. The van der Waals surface area contributed by atoms with Crippen molar-refractivity contribution < 1.29 is 24.2 Å². The number of hydrogen-bond acceptors (Lipinski definition) is 5. The summed E-state index contributed by atoms with van der Waals surface area (Å²) in [6.45, 7) is 8.16. The molecule has 0 aromatic rings. The van der Waals surface area contributed by atoms with E-state index < -0.39 is 17.7 Å². The minimum absolute atomic E-state index is 0.204. The van der Waals surface area contributed by atoms with E-state index in [1.807, 2.05) is 0 Å². The van der Waals surface area contributed by atoms with Crippen LogP contribution >= 0.6 is 0 Å². The molecule has 1 unspecified atom stereocenters. The number of esters is 1. The summed E-state index contributed by atoms with van der Waals surface area (Å²) in [5.41, 5.74) is -1.75. The third-order valence-electron chi connectivity index (χ3n) is 6.81. The molecule has 5 nitrogen and oxygen atoms in total. The molecule has 0 radical (unpaired) electrons. The van der Waals surface area contributed by atoms with Gasteiger partial charge in [-0.15, -0.1) is 0 Å². The van der Waals surface area contributed by atoms with Gasteiger partial charge in [0.05, 0.1) is 0 Å². The zero-order chi connectivity index (χ0) is 25.7. The second kappa shape index (κ2) is 21.1. The van der Waals surface area contributed by atoms with E-state index in [2.05, 4.69) is 20.8 Å². The fraction of sp³-hybridized carbons (Fsp3) is 0.897. The number of carbonyl (C=O) groups excluding carboxylic acids is 3. The molecule has 5 heteroatoms. The van der Waals surface area contributed by atoms with Crippen molar-refractivity contribution in [1.29, 1.82) is 0 Å². The lowest BCUT2D eigenvalue weighted by atomic mass is 9.72. The smallest absolute Gasteiger partial charge is 0.329 e. The Bertz CT molecular complexity index is 517. The maximum absolute atomic E-state index is 13.5. The Morgan fingerprint density at radius 1 is 0.618 bits per heavy atom. The number of aliphatic hydroxyl groups is 1. The van der Waals surface area contributed by atoms with Crippen LogP contribution in [-0.2, 0) is 19.1 Å². The molecule has 1 atom stereocenters. The van der Waals surface area contributed by atoms with Crippen LogP contribution in [0.25, 0.3) is 0 Å². The van der Waals surface area contributed by atoms with Crippen LogP contribution in [0.2, 0.25) is 0 Å². The largest absolute Gasteiger partial charge is 0.435 e. The van der Waals surface area contributed by atoms with Crippen molar-refractivity contribution in [1.82, 2.24) is 0 Å². The first kappa shape index (κ1) is 32.8. The highest BCUT2D eigenvalue weighted by Gasteiger charge is 2.52. The van der Waals surface area contributed by atoms with E-state index in [4.69, 9.17) is 4.74 Å². The Morgan fingerprint density at radius 2 is 1.00 bits per heavy atom. The molecule has 0 aromatic heterocycles. The van der Waals surface area contributed by atoms with Crippen LogP contribution in [0.4, 0.5) is 0 Å². The van der Waals surface area contributed by atoms with Gasteiger partial charge in [0.1, 0.15) is 0 Å². The van der Waals surface area contributed by atoms with Crippen molar-refractivity contribution in [2.24, 2.45) is 5.41 Å². The van der Waals surface area contributed by atoms with E-state index in [-0.39, 0.29) is 37.2 Å². The summed E-state index contributed by atoms with van der Waals surface area (Å²) in [4.78, 5) is 40.4. The van der Waals surface area contributed by atoms with Crippen molar-refractivity contribution >= 4 is 17.5 Å². The Hall–Kier alpha value is -1.23. The maximum Gasteiger partial charge on any atom is 0.329 e. The number of aliphatic hydroxyl groups excluding tert-OH is 1. The van der Waals surface area contributed by atoms with Gasteiger partial charge in [-0.1, -0.05) is 118 Å². The minimum Gasteiger partial charge on any atom is -0.435 e. The molecule has 0 aliphatic heterocycles. The summed E-state index contributed by atoms with van der Waals surface area (Å²) in [6.07, 6.45) is 15.4. The summed E-state index contributed by atoms with van der Waals surface area (Å²) in [5, 5.41) is 10.0. The first-order valence-electron chi connectivity index (χ1n) is 14.4. The number of hydrogen-bond donors (Lipinski definition) is 1. The second-order valence-electron chi connectivity index (χ2n) is 9.87. The highest BCUT2D eigenvalue weighted by molar-refractivity contribution is 6.22. The maximum atomic E-state index is 13.5. The van der Waals surface area contributed by atoms with E-state index in [0.717, 1.165) is 77.0 Å². The molecule has 1 N–H and O–H groups in total. The lowest BCUT2D eigenvalue weighted by Crippen LogP contribution is -2.48. The van der Waals surface area contributed by atoms with Crippen molar-refractivity contribution in [3.05, 3.63) is 0 Å². The third kappa shape index (κ3) is 13.0. The Kier molecular flexibility index (Phi) is 20.3. The van der Waals surface area contributed by atoms with Crippen LogP contribution in [0.15, 0.2) is 0 Å². The van der Waals surface area contributed by atoms with E-state index in [1.165, 1.54) is 6.42 Å². The first-order chi connectivity index (χ1) is 16.4. The Labute approximate surface area is 209 Å². The number of ether oxygens (including phenoxy) is 1. The van der Waals surface area contributed by atoms with Crippen LogP contribution in [-0.4, -0.2) is 28.9 Å². The van der Waals surface area contributed by atoms with E-state index in [9.17, 15) is 19.5 Å². The van der Waals surface area contributed by atoms with Crippen molar-refractivity contribution in [2.75, 3.05) is 0 Å². The number of unbranched alkanes of at least 4 members (excludes halogenated alkanes) is 13. The SMILES string of the molecule is CCCCCCCCC(C(=O)CCCCCCC)(C(=O)CCCCCCC)C(=O)OC(O)CC. The molecule has 0 aliphatic carbocycles. The fourth-order valence-corrected chi connectivity index (χ4v) is 4.45. The van der Waals surface area contributed by atoms with Crippen LogP contribution in [0.3, 0.4) is 0 Å². The molecule has 0 amide bonds. The Morgan fingerprint density at radius 3 is 1.41 bits per heavy atom. The van der Waals surface area contributed by atoms with E-state index >= 15 is 0 Å². The lowest BCUT2D eigenvalue weighted by molar-refractivity contribution is -0.183. The second-order valence-corrected chi connectivity index (χ2v) is 9.87. The first-order valence-corrected chi connectivity index (χ1v) is 14.4. The van der Waals surface area contributed by atoms with Gasteiger partial charge in [-0.3, -0.25) is 14.4 Å². The average Bonchev–Trinajstić information content (AvgIpc) is 2.83. The van der Waals surface area contributed by atoms with E-state index in [1.54, 1.807) is 6.92 Å². The third-order valence-corrected chi connectivity index (χ3v) is 6.81. The predicted molar refractivity (Wildman–Crippen MR) is 140 cm³/mol. The quantitative estimate of drug-likeness (QED) is 0.0655. The van der Waals surface area contributed by atoms with Gasteiger partial charge in [-0.2, -0.15) is 0 Å². The monoisotopic (exact) mass is 482 g/mol. The Balaban J connectivity index is 5.56. The zero-order valence-corrected chi connectivity index (χ0v) is 22.8. The molecule has 0 heterocycles. The minimum atomic E-state index is -1.75. The highest BCUT2D eigenvalue weighted by Crippen LogP contribution is 2.35. The number of rotatable bonds is 24. The van der Waals surface area contributed by atoms with Crippen molar-refractivity contribution in [3.8, 4) is 0 Å². The summed E-state index contributed by atoms with van der Waals surface area (Å²) in [6, 6.07) is 0. The van der Waals surface area contributed by atoms with Gasteiger partial charge in [-0.25, -0.2) is 0 Å². The summed E-state index contributed by atoms with van der Waals surface area (Å²) >= 11 is 0. The molecule has 0 rings (SSSR count). The molecule has 34 heavy (non-hydrogen) atoms. The number of carbonyl (C=O) groups is 3. The van der Waals surface area contributed by atoms with Crippen LogP contribution in [0.1, 0.15) is 156 Å². The molecule has 0 saturated carbocycles. The average molecular weight is 483 g/mol. The lowest BCUT2D eigenvalue weighted by Gasteiger charge is -2.30.